The Bertz CT molecular complexity index is 1130. The fraction of sp³-hybridized carbons (Fsp3) is 0.200. The topological polar surface area (TPSA) is 183 Å². The average molecular weight is 497 g/mol. The third-order valence-electron chi connectivity index (χ3n) is 4.26. The van der Waals surface area contributed by atoms with Crippen LogP contribution in [0.1, 0.15) is 11.4 Å². The number of oxime groups is 1. The minimum atomic E-state index is -0.960. The smallest absolute Gasteiger partial charge is 0.375 e. The lowest BCUT2D eigenvalue weighted by molar-refractivity contribution is -0.148. The number of aromatic nitrogens is 4. The Kier molecular flexibility index (Phi) is 6.03. The molecule has 0 aromatic carbocycles. The zero-order valence-electron chi connectivity index (χ0n) is 15.3. The lowest BCUT2D eigenvalue weighted by Crippen LogP contribution is -2.63. The molecule has 5 N–H and O–H groups in total. The predicted molar refractivity (Wildman–Crippen MR) is 120 cm³/mol. The van der Waals surface area contributed by atoms with Crippen LogP contribution in [-0.4, -0.2) is 69.9 Å². The van der Waals surface area contributed by atoms with Gasteiger partial charge in [0.1, 0.15) is 27.7 Å². The number of β-lactam (4-membered cyclic amide) rings is 1. The highest BCUT2D eigenvalue weighted by Crippen LogP contribution is 2.46. The first-order valence-corrected chi connectivity index (χ1v) is 11.7. The summed E-state index contributed by atoms with van der Waals surface area (Å²) in [5.41, 5.74) is 11.4. The molecule has 0 spiro atoms. The van der Waals surface area contributed by atoms with Crippen LogP contribution in [0.15, 0.2) is 22.4 Å². The number of nitrogens with two attached hydrogens (primary N) is 2. The van der Waals surface area contributed by atoms with Crippen LogP contribution < -0.4 is 11.5 Å². The van der Waals surface area contributed by atoms with Crippen molar-refractivity contribution < 1.29 is 19.2 Å². The highest BCUT2D eigenvalue weighted by atomic mass is 32.2. The van der Waals surface area contributed by atoms with Crippen molar-refractivity contribution in [3.05, 3.63) is 28.7 Å². The number of aromatic amines is 1. The van der Waals surface area contributed by atoms with Gasteiger partial charge in [-0.1, -0.05) is 17.4 Å². The van der Waals surface area contributed by atoms with Gasteiger partial charge in [0.05, 0.1) is 6.20 Å². The molecule has 2 atom stereocenters. The Morgan fingerprint density at radius 1 is 1.48 bits per heavy atom. The minimum Gasteiger partial charge on any atom is -0.375 e. The van der Waals surface area contributed by atoms with E-state index >= 15 is 0 Å². The first kappa shape index (κ1) is 21.4. The number of hydrogen-bond donors (Lipinski definition) is 3. The van der Waals surface area contributed by atoms with Gasteiger partial charge in [0, 0.05) is 21.4 Å². The fourth-order valence-electron chi connectivity index (χ4n) is 2.91. The third-order valence-corrected chi connectivity index (χ3v) is 7.58. The van der Waals surface area contributed by atoms with Crippen molar-refractivity contribution in [2.24, 2.45) is 10.9 Å². The number of nitrogens with one attached hydrogen (secondary N) is 1. The molecule has 0 bridgehead atoms. The van der Waals surface area contributed by atoms with Crippen LogP contribution in [0.2, 0.25) is 0 Å². The Morgan fingerprint density at radius 3 is 2.90 bits per heavy atom. The maximum absolute atomic E-state index is 13.0. The van der Waals surface area contributed by atoms with Gasteiger partial charge in [-0.25, -0.2) is 9.78 Å². The molecule has 160 valence electrons. The molecular formula is C15H12N8O4S4. The van der Waals surface area contributed by atoms with E-state index in [9.17, 15) is 14.4 Å². The lowest BCUT2D eigenvalue weighted by atomic mass is 10.1. The first-order chi connectivity index (χ1) is 14.9. The number of nitrogens with zero attached hydrogens (tertiary/aromatic N) is 5. The SMILES string of the molecule is NC(=O)/C(=N\OC(=O)C1=C(c2cn[nH]n2)CS[C@H]2C(SC=S)C(=O)N12)c1csc(N)n1. The van der Waals surface area contributed by atoms with E-state index in [-0.39, 0.29) is 33.5 Å². The molecule has 2 aromatic heterocycles. The predicted octanol–water partition coefficient (Wildman–Crippen LogP) is -0.0386. The second-order valence-corrected chi connectivity index (χ2v) is 9.54. The Labute approximate surface area is 191 Å². The summed E-state index contributed by atoms with van der Waals surface area (Å²) in [4.78, 5) is 47.7. The molecule has 0 radical (unpaired) electrons. The molecule has 4 heterocycles. The molecule has 2 aliphatic heterocycles. The highest BCUT2D eigenvalue weighted by molar-refractivity contribution is 8.22. The molecule has 12 nitrogen and oxygen atoms in total. The normalized spacial score (nSPS) is 20.8. The molecule has 1 fully saturated rings. The Hall–Kier alpha value is -2.82. The fourth-order valence-corrected chi connectivity index (χ4v) is 6.13. The molecule has 2 aromatic rings. The summed E-state index contributed by atoms with van der Waals surface area (Å²) in [6, 6.07) is 0. The number of anilines is 1. The lowest BCUT2D eigenvalue weighted by Gasteiger charge is -2.48. The molecule has 1 unspecified atom stereocenters. The molecule has 31 heavy (non-hydrogen) atoms. The van der Waals surface area contributed by atoms with E-state index in [1.54, 1.807) is 0 Å². The standard InChI is InChI=1S/C15H12N8O4S4/c16-11(24)8(7-3-30-15(17)19-7)21-27-14(26)9-5(6-1-18-22-20-6)2-29-13-10(31-4-28)12(25)23(9)13/h1,3-4,10,13H,2H2,(H2,16,24)(H2,17,19)(H,18,20,22)/b21-8-/t10?,13-/m0/s1. The molecule has 4 rings (SSSR count). The molecule has 2 aliphatic rings. The number of H-pyrrole nitrogens is 1. The van der Waals surface area contributed by atoms with Crippen LogP contribution in [0.3, 0.4) is 0 Å². The summed E-state index contributed by atoms with van der Waals surface area (Å²) in [5, 5.41) is 14.7. The third kappa shape index (κ3) is 3.93. The van der Waals surface area contributed by atoms with Crippen LogP contribution in [0.5, 0.6) is 0 Å². The summed E-state index contributed by atoms with van der Waals surface area (Å²) in [6.45, 7) is 0. The van der Waals surface area contributed by atoms with E-state index in [0.29, 0.717) is 17.0 Å². The van der Waals surface area contributed by atoms with Gasteiger partial charge in [-0.3, -0.25) is 14.5 Å². The van der Waals surface area contributed by atoms with Gasteiger partial charge in [-0.15, -0.1) is 34.9 Å². The van der Waals surface area contributed by atoms with Crippen molar-refractivity contribution >= 4 is 86.0 Å². The van der Waals surface area contributed by atoms with Crippen LogP contribution in [0.25, 0.3) is 5.57 Å². The van der Waals surface area contributed by atoms with Crippen molar-refractivity contribution in [3.63, 3.8) is 0 Å². The number of rotatable bonds is 7. The van der Waals surface area contributed by atoms with Crippen molar-refractivity contribution in [2.75, 3.05) is 11.5 Å². The number of thioether (sulfide) groups is 2. The monoisotopic (exact) mass is 496 g/mol. The molecule has 2 amide bonds. The highest BCUT2D eigenvalue weighted by Gasteiger charge is 2.54. The van der Waals surface area contributed by atoms with E-state index in [1.165, 1.54) is 44.7 Å². The number of fused-ring (bicyclic) bond motifs is 1. The quantitative estimate of drug-likeness (QED) is 0.154. The average Bonchev–Trinajstić information content (AvgIpc) is 3.42. The zero-order chi connectivity index (χ0) is 22.1. The van der Waals surface area contributed by atoms with E-state index in [0.717, 1.165) is 11.3 Å². The van der Waals surface area contributed by atoms with Gasteiger partial charge < -0.3 is 16.3 Å². The first-order valence-electron chi connectivity index (χ1n) is 8.36. The van der Waals surface area contributed by atoms with Gasteiger partial charge in [-0.2, -0.15) is 15.4 Å². The van der Waals surface area contributed by atoms with Crippen molar-refractivity contribution in [1.29, 1.82) is 0 Å². The number of amides is 2. The number of primary amides is 1. The summed E-state index contributed by atoms with van der Waals surface area (Å²) < 4.78 is 1.41. The van der Waals surface area contributed by atoms with E-state index in [1.807, 2.05) is 0 Å². The van der Waals surface area contributed by atoms with Crippen LogP contribution in [-0.2, 0) is 19.2 Å². The summed E-state index contributed by atoms with van der Waals surface area (Å²) >= 11 is 8.58. The van der Waals surface area contributed by atoms with E-state index in [2.05, 4.69) is 25.6 Å². The number of thiazole rings is 1. The Morgan fingerprint density at radius 2 is 2.29 bits per heavy atom. The largest absolute Gasteiger partial charge is 0.382 e. The van der Waals surface area contributed by atoms with Gasteiger partial charge in [0.15, 0.2) is 10.8 Å². The number of thiocarbonyl (C=S) groups is 1. The van der Waals surface area contributed by atoms with Crippen LogP contribution >= 0.6 is 47.1 Å². The van der Waals surface area contributed by atoms with Crippen LogP contribution in [0, 0.1) is 0 Å². The molecule has 1 saturated heterocycles. The summed E-state index contributed by atoms with van der Waals surface area (Å²) in [6.07, 6.45) is 1.42. The van der Waals surface area contributed by atoms with Gasteiger partial charge in [0.2, 0.25) is 5.91 Å². The van der Waals surface area contributed by atoms with Crippen molar-refractivity contribution in [2.45, 2.75) is 10.6 Å². The molecular weight excluding hydrogens is 484 g/mol. The Balaban J connectivity index is 1.68. The van der Waals surface area contributed by atoms with Crippen molar-refractivity contribution in [1.82, 2.24) is 25.3 Å². The molecule has 0 aliphatic carbocycles. The number of hydrogen-bond acceptors (Lipinski definition) is 13. The van der Waals surface area contributed by atoms with Gasteiger partial charge in [0.25, 0.3) is 5.91 Å². The van der Waals surface area contributed by atoms with E-state index in [4.69, 9.17) is 28.5 Å². The molecule has 0 saturated carbocycles. The summed E-state index contributed by atoms with van der Waals surface area (Å²) in [7, 11) is 0. The van der Waals surface area contributed by atoms with Crippen LogP contribution in [0.4, 0.5) is 5.13 Å². The maximum atomic E-state index is 13.0. The maximum Gasteiger partial charge on any atom is 0.382 e. The second kappa shape index (κ2) is 8.74. The second-order valence-electron chi connectivity index (χ2n) is 6.00. The van der Waals surface area contributed by atoms with Gasteiger partial charge in [-0.05, 0) is 0 Å². The zero-order valence-corrected chi connectivity index (χ0v) is 18.5. The van der Waals surface area contributed by atoms with E-state index < -0.39 is 17.1 Å². The number of nitrogen functional groups attached to an aromatic ring is 1. The number of carbonyl (C=O) groups is 3. The minimum absolute atomic E-state index is 0.0331. The van der Waals surface area contributed by atoms with Crippen molar-refractivity contribution in [3.8, 4) is 0 Å². The van der Waals surface area contributed by atoms with Gasteiger partial charge >= 0.3 is 5.97 Å². The number of carbonyl (C=O) groups excluding carboxylic acids is 3. The molecule has 16 heteroatoms. The summed E-state index contributed by atoms with van der Waals surface area (Å²) in [5.74, 6) is -1.85.